The zero-order valence-corrected chi connectivity index (χ0v) is 16.3. The minimum atomic E-state index is -4.98. The third-order valence-corrected chi connectivity index (χ3v) is 4.61. The van der Waals surface area contributed by atoms with Crippen molar-refractivity contribution in [1.82, 2.24) is 4.98 Å². The highest BCUT2D eigenvalue weighted by atomic mass is 35.5. The number of ether oxygens (including phenoxy) is 1. The average Bonchev–Trinajstić information content (AvgIpc) is 3.04. The van der Waals surface area contributed by atoms with Crippen molar-refractivity contribution in [2.24, 2.45) is 0 Å². The molecule has 10 heteroatoms. The minimum absolute atomic E-state index is 0.0398. The molecule has 3 aromatic rings. The SMILES string of the molecule is COc1c(Cl)cc(-c2nc3cc(N(C)C(=O)C(F)(F)F)cc(C)c3o2)cc1Cl. The Kier molecular flexibility index (Phi) is 5.20. The molecule has 0 aliphatic heterocycles. The van der Waals surface area contributed by atoms with Crippen LogP contribution in [0.15, 0.2) is 28.7 Å². The standard InChI is InChI=1S/C18H13Cl2F3N2O3/c1-8-4-10(25(2)17(26)18(21,22)23)7-13-14(8)28-16(24-13)9-5-11(19)15(27-3)12(20)6-9/h4-7H,1-3H3. The molecule has 0 aliphatic rings. The molecule has 0 saturated heterocycles. The van der Waals surface area contributed by atoms with Gasteiger partial charge in [-0.15, -0.1) is 0 Å². The molecule has 0 spiro atoms. The first-order chi connectivity index (χ1) is 13.0. The molecule has 0 fully saturated rings. The van der Waals surface area contributed by atoms with Crippen molar-refractivity contribution in [2.75, 3.05) is 19.1 Å². The summed E-state index contributed by atoms with van der Waals surface area (Å²) in [6.07, 6.45) is -4.98. The summed E-state index contributed by atoms with van der Waals surface area (Å²) in [6.45, 7) is 1.64. The van der Waals surface area contributed by atoms with Crippen molar-refractivity contribution in [3.63, 3.8) is 0 Å². The zero-order valence-electron chi connectivity index (χ0n) is 14.8. The molecule has 1 amide bonds. The highest BCUT2D eigenvalue weighted by Crippen LogP contribution is 2.38. The molecule has 148 valence electrons. The summed E-state index contributed by atoms with van der Waals surface area (Å²) >= 11 is 12.3. The fourth-order valence-corrected chi connectivity index (χ4v) is 3.33. The van der Waals surface area contributed by atoms with E-state index in [1.165, 1.54) is 19.2 Å². The van der Waals surface area contributed by atoms with Gasteiger partial charge in [0.2, 0.25) is 5.89 Å². The lowest BCUT2D eigenvalue weighted by Crippen LogP contribution is -2.38. The molecule has 0 N–H and O–H groups in total. The van der Waals surface area contributed by atoms with Gasteiger partial charge in [0.25, 0.3) is 0 Å². The van der Waals surface area contributed by atoms with E-state index in [2.05, 4.69) is 4.98 Å². The van der Waals surface area contributed by atoms with E-state index < -0.39 is 12.1 Å². The van der Waals surface area contributed by atoms with E-state index in [9.17, 15) is 18.0 Å². The molecule has 5 nitrogen and oxygen atoms in total. The lowest BCUT2D eigenvalue weighted by atomic mass is 10.2. The van der Waals surface area contributed by atoms with Crippen LogP contribution in [0.3, 0.4) is 0 Å². The van der Waals surface area contributed by atoms with Crippen molar-refractivity contribution in [1.29, 1.82) is 0 Å². The number of hydrogen-bond acceptors (Lipinski definition) is 4. The molecule has 0 saturated carbocycles. The first-order valence-electron chi connectivity index (χ1n) is 7.82. The van der Waals surface area contributed by atoms with Crippen LogP contribution in [0.2, 0.25) is 10.0 Å². The molecule has 2 aromatic carbocycles. The Balaban J connectivity index is 2.08. The predicted molar refractivity (Wildman–Crippen MR) is 100 cm³/mol. The van der Waals surface area contributed by atoms with Gasteiger partial charge in [-0.3, -0.25) is 4.79 Å². The van der Waals surface area contributed by atoms with E-state index in [1.807, 2.05) is 0 Å². The summed E-state index contributed by atoms with van der Waals surface area (Å²) in [6, 6.07) is 5.85. The topological polar surface area (TPSA) is 55.6 Å². The van der Waals surface area contributed by atoms with Crippen LogP contribution in [0, 0.1) is 6.92 Å². The fraction of sp³-hybridized carbons (Fsp3) is 0.222. The van der Waals surface area contributed by atoms with E-state index in [-0.39, 0.29) is 27.1 Å². The van der Waals surface area contributed by atoms with Gasteiger partial charge in [-0.05, 0) is 36.8 Å². The molecule has 0 unspecified atom stereocenters. The van der Waals surface area contributed by atoms with E-state index in [0.29, 0.717) is 27.4 Å². The average molecular weight is 433 g/mol. The van der Waals surface area contributed by atoms with E-state index in [0.717, 1.165) is 7.05 Å². The number of methoxy groups -OCH3 is 1. The molecule has 0 bridgehead atoms. The maximum Gasteiger partial charge on any atom is 0.471 e. The summed E-state index contributed by atoms with van der Waals surface area (Å²) in [5.41, 5.74) is 1.67. The Hall–Kier alpha value is -2.45. The maximum atomic E-state index is 12.7. The number of rotatable bonds is 3. The number of benzene rings is 2. The van der Waals surface area contributed by atoms with E-state index in [1.54, 1.807) is 19.1 Å². The Morgan fingerprint density at radius 2 is 1.79 bits per heavy atom. The van der Waals surface area contributed by atoms with Gasteiger partial charge in [-0.2, -0.15) is 13.2 Å². The first-order valence-corrected chi connectivity index (χ1v) is 8.58. The van der Waals surface area contributed by atoms with Gasteiger partial charge in [0.15, 0.2) is 11.3 Å². The molecule has 28 heavy (non-hydrogen) atoms. The van der Waals surface area contributed by atoms with Gasteiger partial charge in [0, 0.05) is 18.3 Å². The second-order valence-electron chi connectivity index (χ2n) is 5.97. The minimum Gasteiger partial charge on any atom is -0.494 e. The van der Waals surface area contributed by atoms with Crippen molar-refractivity contribution < 1.29 is 27.1 Å². The van der Waals surface area contributed by atoms with Gasteiger partial charge in [0.05, 0.1) is 17.2 Å². The Morgan fingerprint density at radius 3 is 2.32 bits per heavy atom. The number of halogens is 5. The zero-order chi connectivity index (χ0) is 20.8. The number of anilines is 1. The van der Waals surface area contributed by atoms with Gasteiger partial charge >= 0.3 is 12.1 Å². The summed E-state index contributed by atoms with van der Waals surface area (Å²) in [5.74, 6) is -1.51. The molecular formula is C18H13Cl2F3N2O3. The smallest absolute Gasteiger partial charge is 0.471 e. The first kappa shape index (κ1) is 20.3. The molecule has 0 aliphatic carbocycles. The van der Waals surface area contributed by atoms with Crippen molar-refractivity contribution >= 4 is 45.9 Å². The molecular weight excluding hydrogens is 420 g/mol. The Bertz CT molecular complexity index is 1060. The summed E-state index contributed by atoms with van der Waals surface area (Å²) < 4.78 is 48.9. The van der Waals surface area contributed by atoms with Crippen molar-refractivity contribution in [3.05, 3.63) is 39.9 Å². The number of alkyl halides is 3. The highest BCUT2D eigenvalue weighted by molar-refractivity contribution is 6.37. The third-order valence-electron chi connectivity index (χ3n) is 4.04. The monoisotopic (exact) mass is 432 g/mol. The van der Waals surface area contributed by atoms with E-state index >= 15 is 0 Å². The second kappa shape index (κ2) is 7.18. The van der Waals surface area contributed by atoms with Crippen LogP contribution in [0.5, 0.6) is 5.75 Å². The second-order valence-corrected chi connectivity index (χ2v) is 6.78. The largest absolute Gasteiger partial charge is 0.494 e. The van der Waals surface area contributed by atoms with Crippen molar-refractivity contribution in [3.8, 4) is 17.2 Å². The number of aromatic nitrogens is 1. The lowest BCUT2D eigenvalue weighted by molar-refractivity contribution is -0.170. The van der Waals surface area contributed by atoms with Crippen molar-refractivity contribution in [2.45, 2.75) is 13.1 Å². The number of nitrogens with zero attached hydrogens (tertiary/aromatic N) is 2. The maximum absolute atomic E-state index is 12.7. The lowest BCUT2D eigenvalue weighted by Gasteiger charge is -2.19. The molecule has 3 rings (SSSR count). The number of aryl methyl sites for hydroxylation is 1. The summed E-state index contributed by atoms with van der Waals surface area (Å²) in [4.78, 5) is 16.3. The Morgan fingerprint density at radius 1 is 1.18 bits per heavy atom. The number of hydrogen-bond donors (Lipinski definition) is 0. The predicted octanol–water partition coefficient (Wildman–Crippen LogP) is 5.64. The molecule has 0 atom stereocenters. The summed E-state index contributed by atoms with van der Waals surface area (Å²) in [7, 11) is 2.47. The Labute approximate surface area is 167 Å². The van der Waals surface area contributed by atoms with Gasteiger partial charge < -0.3 is 14.1 Å². The van der Waals surface area contributed by atoms with Crippen LogP contribution < -0.4 is 9.64 Å². The van der Waals surface area contributed by atoms with Crippen LogP contribution in [0.1, 0.15) is 5.56 Å². The number of carbonyl (C=O) groups excluding carboxylic acids is 1. The quantitative estimate of drug-likeness (QED) is 0.536. The number of oxazole rings is 1. The number of fused-ring (bicyclic) bond motifs is 1. The van der Waals surface area contributed by atoms with E-state index in [4.69, 9.17) is 32.4 Å². The fourth-order valence-electron chi connectivity index (χ4n) is 2.68. The molecule has 1 aromatic heterocycles. The third kappa shape index (κ3) is 3.62. The highest BCUT2D eigenvalue weighted by Gasteiger charge is 2.41. The van der Waals surface area contributed by atoms with Crippen LogP contribution >= 0.6 is 23.2 Å². The van der Waals surface area contributed by atoms with Gasteiger partial charge in [-0.25, -0.2) is 4.98 Å². The normalized spacial score (nSPS) is 11.7. The number of carbonyl (C=O) groups is 1. The van der Waals surface area contributed by atoms with Crippen LogP contribution in [0.25, 0.3) is 22.6 Å². The van der Waals surface area contributed by atoms with Crippen LogP contribution in [0.4, 0.5) is 18.9 Å². The number of amides is 1. The van der Waals surface area contributed by atoms with Gasteiger partial charge in [-0.1, -0.05) is 23.2 Å². The van der Waals surface area contributed by atoms with Gasteiger partial charge in [0.1, 0.15) is 5.52 Å². The molecule has 0 radical (unpaired) electrons. The summed E-state index contributed by atoms with van der Waals surface area (Å²) in [5, 5.41) is 0.500. The van der Waals surface area contributed by atoms with Crippen LogP contribution in [-0.2, 0) is 4.79 Å². The molecule has 1 heterocycles. The van der Waals surface area contributed by atoms with Crippen LogP contribution in [-0.4, -0.2) is 31.2 Å².